The van der Waals surface area contributed by atoms with Crippen LogP contribution in [0.5, 0.6) is 5.75 Å². The Morgan fingerprint density at radius 1 is 1.30 bits per heavy atom. The predicted octanol–water partition coefficient (Wildman–Crippen LogP) is 2.49. The van der Waals surface area contributed by atoms with Crippen LogP contribution in [-0.2, 0) is 6.54 Å². The number of nitrogens with one attached hydrogen (secondary N) is 1. The Bertz CT molecular complexity index is 557. The van der Waals surface area contributed by atoms with Crippen LogP contribution in [0.3, 0.4) is 0 Å². The SMILES string of the molecule is CCCC(O)CNCc1ccc2cccc(OC)c2n1. The second-order valence-corrected chi connectivity index (χ2v) is 4.91. The van der Waals surface area contributed by atoms with E-state index in [-0.39, 0.29) is 6.10 Å². The van der Waals surface area contributed by atoms with Gasteiger partial charge in [-0.2, -0.15) is 0 Å². The highest BCUT2D eigenvalue weighted by Crippen LogP contribution is 2.23. The Kier molecular flexibility index (Phi) is 5.32. The van der Waals surface area contributed by atoms with Gasteiger partial charge < -0.3 is 15.2 Å². The average Bonchev–Trinajstić information content (AvgIpc) is 2.47. The lowest BCUT2D eigenvalue weighted by atomic mass is 10.2. The van der Waals surface area contributed by atoms with Crippen LogP contribution in [0.25, 0.3) is 10.9 Å². The lowest BCUT2D eigenvalue weighted by Crippen LogP contribution is -2.26. The molecule has 0 saturated carbocycles. The molecule has 2 aromatic rings. The molecule has 4 nitrogen and oxygen atoms in total. The lowest BCUT2D eigenvalue weighted by Gasteiger charge is -2.11. The van der Waals surface area contributed by atoms with Gasteiger partial charge in [-0.3, -0.25) is 0 Å². The molecule has 2 rings (SSSR count). The first kappa shape index (κ1) is 14.8. The summed E-state index contributed by atoms with van der Waals surface area (Å²) < 4.78 is 5.33. The van der Waals surface area contributed by atoms with E-state index in [1.165, 1.54) is 0 Å². The van der Waals surface area contributed by atoms with Gasteiger partial charge in [0.2, 0.25) is 0 Å². The molecule has 0 aliphatic carbocycles. The Hall–Kier alpha value is -1.65. The van der Waals surface area contributed by atoms with Gasteiger partial charge in [-0.05, 0) is 18.6 Å². The molecule has 1 aromatic carbocycles. The highest BCUT2D eigenvalue weighted by atomic mass is 16.5. The number of hydrogen-bond donors (Lipinski definition) is 2. The van der Waals surface area contributed by atoms with Crippen molar-refractivity contribution in [1.29, 1.82) is 0 Å². The third kappa shape index (κ3) is 3.68. The molecule has 0 saturated heterocycles. The van der Waals surface area contributed by atoms with Crippen molar-refractivity contribution >= 4 is 10.9 Å². The van der Waals surface area contributed by atoms with E-state index in [4.69, 9.17) is 4.74 Å². The second-order valence-electron chi connectivity index (χ2n) is 4.91. The summed E-state index contributed by atoms with van der Waals surface area (Å²) in [5.74, 6) is 0.787. The molecule has 0 bridgehead atoms. The Morgan fingerprint density at radius 3 is 2.90 bits per heavy atom. The normalized spacial score (nSPS) is 12.6. The van der Waals surface area contributed by atoms with Crippen molar-refractivity contribution in [3.8, 4) is 5.75 Å². The number of rotatable bonds is 7. The zero-order chi connectivity index (χ0) is 14.4. The summed E-state index contributed by atoms with van der Waals surface area (Å²) >= 11 is 0. The molecule has 0 aliphatic rings. The number of fused-ring (bicyclic) bond motifs is 1. The summed E-state index contributed by atoms with van der Waals surface area (Å²) in [6.07, 6.45) is 1.54. The first-order chi connectivity index (χ1) is 9.74. The van der Waals surface area contributed by atoms with Crippen molar-refractivity contribution in [2.45, 2.75) is 32.4 Å². The summed E-state index contributed by atoms with van der Waals surface area (Å²) in [5, 5.41) is 14.0. The fraction of sp³-hybridized carbons (Fsp3) is 0.438. The van der Waals surface area contributed by atoms with Gasteiger partial charge in [0, 0.05) is 18.5 Å². The largest absolute Gasteiger partial charge is 0.494 e. The van der Waals surface area contributed by atoms with Crippen LogP contribution in [0, 0.1) is 0 Å². The maximum atomic E-state index is 9.68. The summed E-state index contributed by atoms with van der Waals surface area (Å²) in [7, 11) is 1.66. The molecule has 0 amide bonds. The molecule has 1 unspecified atom stereocenters. The second kappa shape index (κ2) is 7.22. The van der Waals surface area contributed by atoms with E-state index in [9.17, 15) is 5.11 Å². The summed E-state index contributed by atoms with van der Waals surface area (Å²) in [6.45, 7) is 3.31. The van der Waals surface area contributed by atoms with Gasteiger partial charge in [-0.15, -0.1) is 0 Å². The van der Waals surface area contributed by atoms with Crippen molar-refractivity contribution in [1.82, 2.24) is 10.3 Å². The first-order valence-corrected chi connectivity index (χ1v) is 7.06. The minimum Gasteiger partial charge on any atom is -0.494 e. The van der Waals surface area contributed by atoms with E-state index in [0.29, 0.717) is 13.1 Å². The minimum absolute atomic E-state index is 0.282. The van der Waals surface area contributed by atoms with Gasteiger partial charge in [0.05, 0.1) is 18.9 Å². The van der Waals surface area contributed by atoms with Crippen LogP contribution in [0.4, 0.5) is 0 Å². The van der Waals surface area contributed by atoms with Crippen LogP contribution in [-0.4, -0.2) is 29.8 Å². The van der Waals surface area contributed by atoms with Crippen molar-refractivity contribution in [3.63, 3.8) is 0 Å². The average molecular weight is 274 g/mol. The van der Waals surface area contributed by atoms with Crippen molar-refractivity contribution in [2.24, 2.45) is 0 Å². The summed E-state index contributed by atoms with van der Waals surface area (Å²) in [6, 6.07) is 9.94. The fourth-order valence-corrected chi connectivity index (χ4v) is 2.23. The number of pyridine rings is 1. The van der Waals surface area contributed by atoms with E-state index in [0.717, 1.165) is 35.2 Å². The van der Waals surface area contributed by atoms with Crippen LogP contribution < -0.4 is 10.1 Å². The first-order valence-electron chi connectivity index (χ1n) is 7.06. The minimum atomic E-state index is -0.282. The topological polar surface area (TPSA) is 54.4 Å². The van der Waals surface area contributed by atoms with Crippen molar-refractivity contribution < 1.29 is 9.84 Å². The smallest absolute Gasteiger partial charge is 0.145 e. The van der Waals surface area contributed by atoms with Gasteiger partial charge >= 0.3 is 0 Å². The lowest BCUT2D eigenvalue weighted by molar-refractivity contribution is 0.160. The number of hydrogen-bond acceptors (Lipinski definition) is 4. The van der Waals surface area contributed by atoms with Crippen LogP contribution in [0.2, 0.25) is 0 Å². The molecule has 4 heteroatoms. The maximum Gasteiger partial charge on any atom is 0.145 e. The van der Waals surface area contributed by atoms with E-state index >= 15 is 0 Å². The van der Waals surface area contributed by atoms with Gasteiger partial charge in [0.15, 0.2) is 0 Å². The van der Waals surface area contributed by atoms with Gasteiger partial charge in [0.1, 0.15) is 11.3 Å². The Labute approximate surface area is 119 Å². The zero-order valence-corrected chi connectivity index (χ0v) is 12.1. The van der Waals surface area contributed by atoms with Crippen molar-refractivity contribution in [3.05, 3.63) is 36.0 Å². The molecular formula is C16H22N2O2. The number of aliphatic hydroxyl groups excluding tert-OH is 1. The molecule has 0 radical (unpaired) electrons. The molecular weight excluding hydrogens is 252 g/mol. The number of para-hydroxylation sites is 1. The maximum absolute atomic E-state index is 9.68. The Morgan fingerprint density at radius 2 is 2.15 bits per heavy atom. The standard InChI is InChI=1S/C16H22N2O2/c1-3-5-14(19)11-17-10-13-9-8-12-6-4-7-15(20-2)16(12)18-13/h4,6-9,14,17,19H,3,5,10-11H2,1-2H3. The molecule has 20 heavy (non-hydrogen) atoms. The third-order valence-electron chi connectivity index (χ3n) is 3.27. The summed E-state index contributed by atoms with van der Waals surface area (Å²) in [4.78, 5) is 4.62. The monoisotopic (exact) mass is 274 g/mol. The van der Waals surface area contributed by atoms with Gasteiger partial charge in [-0.1, -0.05) is 31.5 Å². The van der Waals surface area contributed by atoms with Crippen molar-refractivity contribution in [2.75, 3.05) is 13.7 Å². The highest BCUT2D eigenvalue weighted by Gasteiger charge is 2.05. The van der Waals surface area contributed by atoms with Crippen LogP contribution >= 0.6 is 0 Å². The molecule has 108 valence electrons. The highest BCUT2D eigenvalue weighted by molar-refractivity contribution is 5.84. The number of aliphatic hydroxyl groups is 1. The van der Waals surface area contributed by atoms with E-state index in [1.54, 1.807) is 7.11 Å². The molecule has 2 N–H and O–H groups in total. The molecule has 1 atom stereocenters. The summed E-state index contributed by atoms with van der Waals surface area (Å²) in [5.41, 5.74) is 1.83. The number of benzene rings is 1. The third-order valence-corrected chi connectivity index (χ3v) is 3.27. The fourth-order valence-electron chi connectivity index (χ4n) is 2.23. The molecule has 0 fully saturated rings. The number of aromatic nitrogens is 1. The Balaban J connectivity index is 2.04. The molecule has 1 heterocycles. The predicted molar refractivity (Wildman–Crippen MR) is 80.9 cm³/mol. The molecule has 0 aliphatic heterocycles. The van der Waals surface area contributed by atoms with Gasteiger partial charge in [-0.25, -0.2) is 4.98 Å². The number of nitrogens with zero attached hydrogens (tertiary/aromatic N) is 1. The van der Waals surface area contributed by atoms with Crippen LogP contribution in [0.15, 0.2) is 30.3 Å². The van der Waals surface area contributed by atoms with Gasteiger partial charge in [0.25, 0.3) is 0 Å². The van der Waals surface area contributed by atoms with E-state index in [1.807, 2.05) is 30.3 Å². The molecule has 1 aromatic heterocycles. The number of ether oxygens (including phenoxy) is 1. The van der Waals surface area contributed by atoms with E-state index in [2.05, 4.69) is 17.2 Å². The van der Waals surface area contributed by atoms with E-state index < -0.39 is 0 Å². The molecule has 0 spiro atoms. The zero-order valence-electron chi connectivity index (χ0n) is 12.1. The quantitative estimate of drug-likeness (QED) is 0.814. The van der Waals surface area contributed by atoms with Crippen LogP contribution in [0.1, 0.15) is 25.5 Å². The number of methoxy groups -OCH3 is 1.